The Morgan fingerprint density at radius 2 is 1.54 bits per heavy atom. The molecule has 3 N–H and O–H groups in total. The van der Waals surface area contributed by atoms with Crippen LogP contribution in [0.3, 0.4) is 0 Å². The Morgan fingerprint density at radius 3 is 2.10 bits per heavy atom. The summed E-state index contributed by atoms with van der Waals surface area (Å²) in [6, 6.07) is 14.7. The van der Waals surface area contributed by atoms with Gasteiger partial charge in [0.25, 0.3) is 0 Å². The maximum absolute atomic E-state index is 13.5. The molecule has 11 nitrogen and oxygen atoms in total. The first-order valence-electron chi connectivity index (χ1n) is 13.5. The van der Waals surface area contributed by atoms with Gasteiger partial charge in [-0.3, -0.25) is 14.5 Å². The van der Waals surface area contributed by atoms with Crippen LogP contribution in [0, 0.1) is 0 Å². The van der Waals surface area contributed by atoms with E-state index in [4.69, 9.17) is 19.9 Å². The molecule has 2 atom stereocenters. The molecule has 2 aromatic rings. The number of imide groups is 1. The normalized spacial score (nSPS) is 17.0. The second-order valence-corrected chi connectivity index (χ2v) is 11.8. The maximum atomic E-state index is 13.5. The number of amides is 4. The number of nitrogens with two attached hydrogens (primary N) is 1. The SMILES string of the molecule is CC(C)(C)OC(=O)N1C[C@H](N(C(=O)CN)C(=O)OC(C)(C)C)C[C@H]1C(=O)Nc1ccc(OCc2ccccc2)cc1. The number of carbonyl (C=O) groups is 4. The van der Waals surface area contributed by atoms with Crippen molar-refractivity contribution in [3.05, 3.63) is 60.2 Å². The Bertz CT molecular complexity index is 1220. The summed E-state index contributed by atoms with van der Waals surface area (Å²) in [4.78, 5) is 54.4. The van der Waals surface area contributed by atoms with Gasteiger partial charge in [0.05, 0.1) is 12.6 Å². The quantitative estimate of drug-likeness (QED) is 0.504. The third kappa shape index (κ3) is 9.21. The molecular formula is C30H40N4O7. The van der Waals surface area contributed by atoms with Gasteiger partial charge in [-0.2, -0.15) is 0 Å². The van der Waals surface area contributed by atoms with Gasteiger partial charge in [-0.25, -0.2) is 14.5 Å². The number of rotatable bonds is 7. The number of nitrogens with zero attached hydrogens (tertiary/aromatic N) is 2. The lowest BCUT2D eigenvalue weighted by Gasteiger charge is -2.30. The average Bonchev–Trinajstić information content (AvgIpc) is 3.32. The highest BCUT2D eigenvalue weighted by Gasteiger charge is 2.47. The van der Waals surface area contributed by atoms with E-state index < -0.39 is 53.8 Å². The van der Waals surface area contributed by atoms with E-state index in [0.29, 0.717) is 18.0 Å². The molecule has 4 amide bonds. The lowest BCUT2D eigenvalue weighted by molar-refractivity contribution is -0.131. The molecule has 1 aliphatic heterocycles. The van der Waals surface area contributed by atoms with E-state index in [-0.39, 0.29) is 13.0 Å². The van der Waals surface area contributed by atoms with E-state index >= 15 is 0 Å². The van der Waals surface area contributed by atoms with Gasteiger partial charge in [0.2, 0.25) is 11.8 Å². The number of hydrogen-bond acceptors (Lipinski definition) is 8. The predicted octanol–water partition coefficient (Wildman–Crippen LogP) is 4.30. The van der Waals surface area contributed by atoms with Crippen molar-refractivity contribution >= 4 is 29.7 Å². The summed E-state index contributed by atoms with van der Waals surface area (Å²) in [5.41, 5.74) is 5.39. The number of benzene rings is 2. The molecule has 1 heterocycles. The van der Waals surface area contributed by atoms with Crippen molar-refractivity contribution in [3.63, 3.8) is 0 Å². The molecule has 0 unspecified atom stereocenters. The van der Waals surface area contributed by atoms with Crippen LogP contribution in [0.15, 0.2) is 54.6 Å². The molecule has 0 spiro atoms. The second-order valence-electron chi connectivity index (χ2n) is 11.8. The van der Waals surface area contributed by atoms with Gasteiger partial charge >= 0.3 is 12.2 Å². The second kappa shape index (κ2) is 13.0. The maximum Gasteiger partial charge on any atom is 0.417 e. The van der Waals surface area contributed by atoms with Crippen LogP contribution < -0.4 is 15.8 Å². The first-order valence-corrected chi connectivity index (χ1v) is 13.5. The molecule has 0 saturated carbocycles. The summed E-state index contributed by atoms with van der Waals surface area (Å²) in [6.07, 6.45) is -1.66. The number of anilines is 1. The summed E-state index contributed by atoms with van der Waals surface area (Å²) in [7, 11) is 0. The van der Waals surface area contributed by atoms with E-state index in [1.807, 2.05) is 30.3 Å². The van der Waals surface area contributed by atoms with Crippen molar-refractivity contribution < 1.29 is 33.4 Å². The molecule has 1 aliphatic rings. The Morgan fingerprint density at radius 1 is 0.927 bits per heavy atom. The molecule has 0 bridgehead atoms. The molecule has 2 aromatic carbocycles. The van der Waals surface area contributed by atoms with Gasteiger partial charge in [0.1, 0.15) is 29.6 Å². The summed E-state index contributed by atoms with van der Waals surface area (Å²) < 4.78 is 16.8. The topological polar surface area (TPSA) is 140 Å². The van der Waals surface area contributed by atoms with Crippen LogP contribution in [0.2, 0.25) is 0 Å². The highest BCUT2D eigenvalue weighted by atomic mass is 16.6. The van der Waals surface area contributed by atoms with Gasteiger partial charge in [-0.15, -0.1) is 0 Å². The molecule has 11 heteroatoms. The monoisotopic (exact) mass is 568 g/mol. The van der Waals surface area contributed by atoms with E-state index in [1.165, 1.54) is 4.90 Å². The summed E-state index contributed by atoms with van der Waals surface area (Å²) in [6.45, 7) is 9.97. The van der Waals surface area contributed by atoms with Crippen molar-refractivity contribution in [3.8, 4) is 5.75 Å². The van der Waals surface area contributed by atoms with E-state index in [1.54, 1.807) is 65.8 Å². The molecule has 1 saturated heterocycles. The summed E-state index contributed by atoms with van der Waals surface area (Å²) in [5, 5.41) is 2.81. The Labute approximate surface area is 240 Å². The van der Waals surface area contributed by atoms with Crippen molar-refractivity contribution in [2.75, 3.05) is 18.4 Å². The minimum absolute atomic E-state index is 0.0195. The van der Waals surface area contributed by atoms with E-state index in [0.717, 1.165) is 10.5 Å². The smallest absolute Gasteiger partial charge is 0.417 e. The summed E-state index contributed by atoms with van der Waals surface area (Å²) in [5.74, 6) is -0.558. The molecular weight excluding hydrogens is 528 g/mol. The van der Waals surface area contributed by atoms with Crippen LogP contribution in [0.1, 0.15) is 53.5 Å². The van der Waals surface area contributed by atoms with Gasteiger partial charge in [-0.1, -0.05) is 30.3 Å². The molecule has 0 radical (unpaired) electrons. The van der Waals surface area contributed by atoms with Crippen molar-refractivity contribution in [1.82, 2.24) is 9.80 Å². The van der Waals surface area contributed by atoms with E-state index in [9.17, 15) is 19.2 Å². The zero-order valence-corrected chi connectivity index (χ0v) is 24.5. The van der Waals surface area contributed by atoms with Crippen molar-refractivity contribution in [1.29, 1.82) is 0 Å². The molecule has 41 heavy (non-hydrogen) atoms. The zero-order chi connectivity index (χ0) is 30.4. The van der Waals surface area contributed by atoms with Crippen LogP contribution >= 0.6 is 0 Å². The minimum Gasteiger partial charge on any atom is -0.489 e. The average molecular weight is 569 g/mol. The van der Waals surface area contributed by atoms with Crippen molar-refractivity contribution in [2.45, 2.75) is 77.9 Å². The zero-order valence-electron chi connectivity index (χ0n) is 24.5. The van der Waals surface area contributed by atoms with Crippen LogP contribution in [0.25, 0.3) is 0 Å². The number of likely N-dealkylation sites (tertiary alicyclic amines) is 1. The fourth-order valence-corrected chi connectivity index (χ4v) is 4.24. The first kappa shape index (κ1) is 31.4. The van der Waals surface area contributed by atoms with Crippen LogP contribution in [-0.2, 0) is 25.7 Å². The Balaban J connectivity index is 1.77. The molecule has 1 fully saturated rings. The summed E-state index contributed by atoms with van der Waals surface area (Å²) >= 11 is 0. The van der Waals surface area contributed by atoms with E-state index in [2.05, 4.69) is 5.32 Å². The lowest BCUT2D eigenvalue weighted by Crippen LogP contribution is -2.50. The third-order valence-corrected chi connectivity index (χ3v) is 5.98. The van der Waals surface area contributed by atoms with Gasteiger partial charge in [0.15, 0.2) is 0 Å². The van der Waals surface area contributed by atoms with Gasteiger partial charge in [0, 0.05) is 12.2 Å². The third-order valence-electron chi connectivity index (χ3n) is 5.98. The fraction of sp³-hybridized carbons (Fsp3) is 0.467. The standard InChI is InChI=1S/C30H40N4O7/c1-29(2,3)40-27(37)33-18-22(34(25(35)17-31)28(38)41-30(4,5)6)16-24(33)26(36)32-21-12-14-23(15-13-21)39-19-20-10-8-7-9-11-20/h7-15,22,24H,16-19,31H2,1-6H3,(H,32,36)/t22-,24+/m1/s1. The predicted molar refractivity (Wildman–Crippen MR) is 153 cm³/mol. The number of carbonyl (C=O) groups excluding carboxylic acids is 4. The Kier molecular flexibility index (Phi) is 9.98. The van der Waals surface area contributed by atoms with Crippen molar-refractivity contribution in [2.24, 2.45) is 5.73 Å². The molecule has 222 valence electrons. The Hall–Kier alpha value is -4.12. The molecule has 3 rings (SSSR count). The fourth-order valence-electron chi connectivity index (χ4n) is 4.24. The van der Waals surface area contributed by atoms with Gasteiger partial charge in [-0.05, 0) is 77.8 Å². The first-order chi connectivity index (χ1) is 19.2. The highest BCUT2D eigenvalue weighted by Crippen LogP contribution is 2.28. The lowest BCUT2D eigenvalue weighted by atomic mass is 10.1. The van der Waals surface area contributed by atoms with Gasteiger partial charge < -0.3 is 25.3 Å². The minimum atomic E-state index is -1.03. The van der Waals surface area contributed by atoms with Crippen LogP contribution in [0.4, 0.5) is 15.3 Å². The number of hydrogen-bond donors (Lipinski definition) is 2. The molecule has 0 aromatic heterocycles. The number of nitrogens with one attached hydrogen (secondary N) is 1. The van der Waals surface area contributed by atoms with Crippen LogP contribution in [-0.4, -0.2) is 70.2 Å². The van der Waals surface area contributed by atoms with Crippen LogP contribution in [0.5, 0.6) is 5.75 Å². The molecule has 0 aliphatic carbocycles. The highest BCUT2D eigenvalue weighted by molar-refractivity contribution is 5.98. The number of ether oxygens (including phenoxy) is 3. The largest absolute Gasteiger partial charge is 0.489 e.